The molecular formula is C7H6ClN3S. The van der Waals surface area contributed by atoms with Crippen LogP contribution in [0.4, 0.5) is 0 Å². The highest BCUT2D eigenvalue weighted by Gasteiger charge is 2.12. The van der Waals surface area contributed by atoms with Crippen LogP contribution >= 0.6 is 22.9 Å². The number of aromatic nitrogens is 1. The first-order valence-corrected chi connectivity index (χ1v) is 4.68. The molecule has 12 heavy (non-hydrogen) atoms. The Morgan fingerprint density at radius 3 is 3.17 bits per heavy atom. The Morgan fingerprint density at radius 1 is 1.58 bits per heavy atom. The Morgan fingerprint density at radius 2 is 2.50 bits per heavy atom. The number of nitrogens with one attached hydrogen (secondary N) is 1. The monoisotopic (exact) mass is 199 g/mol. The maximum Gasteiger partial charge on any atom is 0.196 e. The average molecular weight is 200 g/mol. The molecule has 0 saturated heterocycles. The highest BCUT2D eigenvalue weighted by atomic mass is 35.5. The molecule has 2 rings (SSSR count). The van der Waals surface area contributed by atoms with Crippen molar-refractivity contribution in [2.75, 3.05) is 0 Å². The van der Waals surface area contributed by atoms with E-state index in [9.17, 15) is 0 Å². The van der Waals surface area contributed by atoms with Crippen LogP contribution in [-0.4, -0.2) is 10.3 Å². The third-order valence-electron chi connectivity index (χ3n) is 1.44. The molecule has 0 aliphatic carbocycles. The first kappa shape index (κ1) is 7.76. The minimum Gasteiger partial charge on any atom is -0.337 e. The molecule has 1 aromatic heterocycles. The zero-order chi connectivity index (χ0) is 8.39. The minimum atomic E-state index is -0.0150. The summed E-state index contributed by atoms with van der Waals surface area (Å²) in [6, 6.07) is -0.0150. The zero-order valence-electron chi connectivity index (χ0n) is 6.07. The number of amidine groups is 1. The molecule has 0 spiro atoms. The SMILES string of the molecule is ClC1=NC(c2nccs2)C=CN1. The molecule has 1 aliphatic heterocycles. The maximum atomic E-state index is 5.69. The van der Waals surface area contributed by atoms with Crippen molar-refractivity contribution in [3.05, 3.63) is 28.9 Å². The molecule has 1 unspecified atom stereocenters. The van der Waals surface area contributed by atoms with Gasteiger partial charge in [-0.1, -0.05) is 0 Å². The molecule has 1 aliphatic rings. The lowest BCUT2D eigenvalue weighted by Crippen LogP contribution is -2.16. The summed E-state index contributed by atoms with van der Waals surface area (Å²) in [6.45, 7) is 0. The molecule has 0 bridgehead atoms. The molecule has 1 atom stereocenters. The minimum absolute atomic E-state index is 0.0150. The number of thiazole rings is 1. The fourth-order valence-corrected chi connectivity index (χ4v) is 1.75. The van der Waals surface area contributed by atoms with Gasteiger partial charge in [0.05, 0.1) is 0 Å². The van der Waals surface area contributed by atoms with Gasteiger partial charge in [0.2, 0.25) is 0 Å². The van der Waals surface area contributed by atoms with Gasteiger partial charge in [0.25, 0.3) is 0 Å². The fourth-order valence-electron chi connectivity index (χ4n) is 0.929. The van der Waals surface area contributed by atoms with Crippen molar-refractivity contribution >= 4 is 28.2 Å². The normalized spacial score (nSPS) is 21.8. The lowest BCUT2D eigenvalue weighted by molar-refractivity contribution is 0.866. The quantitative estimate of drug-likeness (QED) is 0.702. The van der Waals surface area contributed by atoms with Gasteiger partial charge in [-0.05, 0) is 17.7 Å². The predicted octanol–water partition coefficient (Wildman–Crippen LogP) is 1.90. The number of rotatable bonds is 1. The summed E-state index contributed by atoms with van der Waals surface area (Å²) in [6.07, 6.45) is 5.46. The molecule has 3 nitrogen and oxygen atoms in total. The van der Waals surface area contributed by atoms with Crippen LogP contribution in [0.3, 0.4) is 0 Å². The standard InChI is InChI=1S/C7H6ClN3S/c8-7-10-2-1-5(11-7)6-9-3-4-12-6/h1-5H,(H,10,11). The van der Waals surface area contributed by atoms with E-state index in [1.165, 1.54) is 0 Å². The Hall–Kier alpha value is -0.870. The second kappa shape index (κ2) is 3.25. The molecule has 1 aromatic rings. The third-order valence-corrected chi connectivity index (χ3v) is 2.49. The van der Waals surface area contributed by atoms with Gasteiger partial charge in [0.1, 0.15) is 11.0 Å². The van der Waals surface area contributed by atoms with Crippen molar-refractivity contribution in [3.63, 3.8) is 0 Å². The Balaban J connectivity index is 2.25. The smallest absolute Gasteiger partial charge is 0.196 e. The second-order valence-electron chi connectivity index (χ2n) is 2.24. The summed E-state index contributed by atoms with van der Waals surface area (Å²) in [7, 11) is 0. The van der Waals surface area contributed by atoms with Crippen molar-refractivity contribution in [2.45, 2.75) is 6.04 Å². The molecule has 1 N–H and O–H groups in total. The van der Waals surface area contributed by atoms with Crippen LogP contribution < -0.4 is 5.32 Å². The van der Waals surface area contributed by atoms with E-state index in [1.54, 1.807) is 23.7 Å². The number of hydrogen-bond acceptors (Lipinski definition) is 4. The van der Waals surface area contributed by atoms with Crippen LogP contribution in [0.25, 0.3) is 0 Å². The van der Waals surface area contributed by atoms with Crippen LogP contribution in [0, 0.1) is 0 Å². The van der Waals surface area contributed by atoms with E-state index in [-0.39, 0.29) is 6.04 Å². The molecular weight excluding hydrogens is 194 g/mol. The number of hydrogen-bond donors (Lipinski definition) is 1. The number of halogens is 1. The van der Waals surface area contributed by atoms with Gasteiger partial charge in [-0.3, -0.25) is 0 Å². The maximum absolute atomic E-state index is 5.69. The van der Waals surface area contributed by atoms with Gasteiger partial charge in [-0.2, -0.15) is 0 Å². The molecule has 0 saturated carbocycles. The third kappa shape index (κ3) is 1.49. The summed E-state index contributed by atoms with van der Waals surface area (Å²) in [4.78, 5) is 8.30. The van der Waals surface area contributed by atoms with Crippen molar-refractivity contribution in [3.8, 4) is 0 Å². The zero-order valence-corrected chi connectivity index (χ0v) is 7.64. The molecule has 0 fully saturated rings. The first-order valence-electron chi connectivity index (χ1n) is 3.42. The van der Waals surface area contributed by atoms with E-state index in [0.717, 1.165) is 5.01 Å². The molecule has 0 aromatic carbocycles. The lowest BCUT2D eigenvalue weighted by atomic mass is 10.3. The summed E-state index contributed by atoms with van der Waals surface area (Å²) < 4.78 is 0. The summed E-state index contributed by atoms with van der Waals surface area (Å²) in [5.74, 6) is 0. The predicted molar refractivity (Wildman–Crippen MR) is 50.4 cm³/mol. The van der Waals surface area contributed by atoms with E-state index in [1.807, 2.05) is 11.5 Å². The van der Waals surface area contributed by atoms with E-state index in [2.05, 4.69) is 15.3 Å². The van der Waals surface area contributed by atoms with Crippen LogP contribution in [0.1, 0.15) is 11.0 Å². The Bertz CT molecular complexity index is 317. The Kier molecular flexibility index (Phi) is 2.10. The number of aliphatic imine (C=N–C) groups is 1. The van der Waals surface area contributed by atoms with Crippen LogP contribution in [-0.2, 0) is 0 Å². The van der Waals surface area contributed by atoms with Crippen LogP contribution in [0.15, 0.2) is 28.8 Å². The van der Waals surface area contributed by atoms with Crippen molar-refractivity contribution in [1.82, 2.24) is 10.3 Å². The lowest BCUT2D eigenvalue weighted by Gasteiger charge is -2.09. The van der Waals surface area contributed by atoms with Gasteiger partial charge in [0.15, 0.2) is 5.29 Å². The molecule has 5 heteroatoms. The van der Waals surface area contributed by atoms with E-state index in [0.29, 0.717) is 5.29 Å². The van der Waals surface area contributed by atoms with Crippen LogP contribution in [0.2, 0.25) is 0 Å². The highest BCUT2D eigenvalue weighted by Crippen LogP contribution is 2.22. The largest absolute Gasteiger partial charge is 0.337 e. The van der Waals surface area contributed by atoms with Crippen LogP contribution in [0.5, 0.6) is 0 Å². The first-order chi connectivity index (χ1) is 5.86. The van der Waals surface area contributed by atoms with Gasteiger partial charge in [-0.15, -0.1) is 11.3 Å². The van der Waals surface area contributed by atoms with Gasteiger partial charge in [-0.25, -0.2) is 9.98 Å². The topological polar surface area (TPSA) is 37.3 Å². The van der Waals surface area contributed by atoms with Crippen molar-refractivity contribution < 1.29 is 0 Å². The van der Waals surface area contributed by atoms with Crippen molar-refractivity contribution in [2.24, 2.45) is 4.99 Å². The number of nitrogens with zero attached hydrogens (tertiary/aromatic N) is 2. The van der Waals surface area contributed by atoms with Gasteiger partial charge in [0, 0.05) is 17.8 Å². The fraction of sp³-hybridized carbons (Fsp3) is 0.143. The average Bonchev–Trinajstić information content (AvgIpc) is 2.56. The molecule has 62 valence electrons. The van der Waals surface area contributed by atoms with E-state index in [4.69, 9.17) is 11.6 Å². The van der Waals surface area contributed by atoms with E-state index < -0.39 is 0 Å². The molecule has 0 radical (unpaired) electrons. The van der Waals surface area contributed by atoms with E-state index >= 15 is 0 Å². The summed E-state index contributed by atoms with van der Waals surface area (Å²) in [5, 5.41) is 6.09. The van der Waals surface area contributed by atoms with Gasteiger partial charge < -0.3 is 5.32 Å². The highest BCUT2D eigenvalue weighted by molar-refractivity contribution is 7.09. The second-order valence-corrected chi connectivity index (χ2v) is 3.52. The summed E-state index contributed by atoms with van der Waals surface area (Å²) in [5.41, 5.74) is 0. The summed E-state index contributed by atoms with van der Waals surface area (Å²) >= 11 is 7.27. The van der Waals surface area contributed by atoms with Crippen molar-refractivity contribution in [1.29, 1.82) is 0 Å². The molecule has 0 amide bonds. The van der Waals surface area contributed by atoms with Gasteiger partial charge >= 0.3 is 0 Å². The molecule has 2 heterocycles. The Labute approximate surface area is 78.8 Å².